The first kappa shape index (κ1) is 18.7. The lowest BCUT2D eigenvalue weighted by Crippen LogP contribution is -2.60. The Morgan fingerprint density at radius 2 is 2.00 bits per heavy atom. The van der Waals surface area contributed by atoms with Crippen molar-refractivity contribution in [1.29, 1.82) is 0 Å². The van der Waals surface area contributed by atoms with E-state index >= 15 is 0 Å². The summed E-state index contributed by atoms with van der Waals surface area (Å²) in [7, 11) is 0. The van der Waals surface area contributed by atoms with Crippen molar-refractivity contribution in [3.8, 4) is 5.75 Å². The number of hydrazine groups is 1. The number of phenols is 1. The fourth-order valence-corrected chi connectivity index (χ4v) is 2.36. The van der Waals surface area contributed by atoms with Crippen LogP contribution in [-0.4, -0.2) is 40.3 Å². The van der Waals surface area contributed by atoms with Crippen LogP contribution in [0.2, 0.25) is 0 Å². The van der Waals surface area contributed by atoms with Crippen molar-refractivity contribution >= 4 is 23.8 Å². The molecule has 1 aliphatic rings. The summed E-state index contributed by atoms with van der Waals surface area (Å²) >= 11 is 0. The molecule has 1 atom stereocenters. The zero-order chi connectivity index (χ0) is 19.3. The number of aromatic hydroxyl groups is 1. The van der Waals surface area contributed by atoms with Crippen molar-refractivity contribution in [1.82, 2.24) is 21.1 Å². The largest absolute Gasteiger partial charge is 0.507 e. The zero-order valence-electron chi connectivity index (χ0n) is 14.0. The second-order valence-corrected chi connectivity index (χ2v) is 5.31. The molecular formula is C17H18N4O5. The zero-order valence-corrected chi connectivity index (χ0v) is 14.0. The summed E-state index contributed by atoms with van der Waals surface area (Å²) in [5.41, 5.74) is 4.92. The SMILES string of the molecule is C=CCN1C(=O)NC(=O)[C@@H](/C(=C\C)NNC(=O)c2ccccc2O)C1=O. The van der Waals surface area contributed by atoms with Gasteiger partial charge in [-0.1, -0.05) is 24.3 Å². The van der Waals surface area contributed by atoms with E-state index < -0.39 is 29.7 Å². The molecule has 1 fully saturated rings. The first-order valence-corrected chi connectivity index (χ1v) is 7.68. The number of allylic oxidation sites excluding steroid dienone is 1. The number of hydrogen-bond donors (Lipinski definition) is 4. The molecule has 136 valence electrons. The lowest BCUT2D eigenvalue weighted by Gasteiger charge is -2.30. The lowest BCUT2D eigenvalue weighted by atomic mass is 10.0. The van der Waals surface area contributed by atoms with E-state index in [1.807, 2.05) is 0 Å². The number of rotatable bonds is 6. The monoisotopic (exact) mass is 358 g/mol. The summed E-state index contributed by atoms with van der Waals surface area (Å²) in [6.45, 7) is 4.96. The van der Waals surface area contributed by atoms with Crippen LogP contribution < -0.4 is 16.2 Å². The van der Waals surface area contributed by atoms with Gasteiger partial charge in [-0.25, -0.2) is 4.79 Å². The summed E-state index contributed by atoms with van der Waals surface area (Å²) in [6.07, 6.45) is 2.78. The van der Waals surface area contributed by atoms with Crippen molar-refractivity contribution in [2.45, 2.75) is 6.92 Å². The molecule has 0 saturated carbocycles. The highest BCUT2D eigenvalue weighted by Crippen LogP contribution is 2.18. The highest BCUT2D eigenvalue weighted by Gasteiger charge is 2.42. The minimum atomic E-state index is -1.33. The Balaban J connectivity index is 2.15. The second kappa shape index (κ2) is 7.97. The minimum Gasteiger partial charge on any atom is -0.507 e. The van der Waals surface area contributed by atoms with Crippen molar-refractivity contribution in [2.75, 3.05) is 6.54 Å². The van der Waals surface area contributed by atoms with E-state index in [0.29, 0.717) is 0 Å². The van der Waals surface area contributed by atoms with Crippen LogP contribution in [0.4, 0.5) is 4.79 Å². The average molecular weight is 358 g/mol. The highest BCUT2D eigenvalue weighted by molar-refractivity contribution is 6.17. The molecule has 5 amide bonds. The first-order valence-electron chi connectivity index (χ1n) is 7.68. The van der Waals surface area contributed by atoms with Gasteiger partial charge in [0.2, 0.25) is 11.8 Å². The van der Waals surface area contributed by atoms with E-state index in [9.17, 15) is 24.3 Å². The van der Waals surface area contributed by atoms with Crippen LogP contribution in [0.5, 0.6) is 5.75 Å². The van der Waals surface area contributed by atoms with Crippen LogP contribution in [0.1, 0.15) is 17.3 Å². The van der Waals surface area contributed by atoms with E-state index in [0.717, 1.165) is 4.90 Å². The molecule has 1 aromatic carbocycles. The van der Waals surface area contributed by atoms with Gasteiger partial charge in [0.15, 0.2) is 5.92 Å². The molecule has 0 aliphatic carbocycles. The molecule has 0 unspecified atom stereocenters. The summed E-state index contributed by atoms with van der Waals surface area (Å²) < 4.78 is 0. The molecule has 2 rings (SSSR count). The van der Waals surface area contributed by atoms with Crippen molar-refractivity contribution in [2.24, 2.45) is 5.92 Å². The number of para-hydroxylation sites is 1. The third-order valence-electron chi connectivity index (χ3n) is 3.65. The Morgan fingerprint density at radius 1 is 1.31 bits per heavy atom. The standard InChI is InChI=1S/C17H18N4O5/c1-3-9-21-16(25)13(15(24)18-17(21)26)11(4-2)19-20-14(23)10-7-5-6-8-12(10)22/h3-8,13,19,22H,1,9H2,2H3,(H,20,23)(H,18,24,26)/b11-4+/t13-/m1/s1. The summed E-state index contributed by atoms with van der Waals surface area (Å²) in [4.78, 5) is 49.3. The Labute approximate surface area is 149 Å². The molecule has 4 N–H and O–H groups in total. The van der Waals surface area contributed by atoms with E-state index in [1.54, 1.807) is 19.1 Å². The van der Waals surface area contributed by atoms with Gasteiger partial charge in [-0.3, -0.25) is 30.0 Å². The van der Waals surface area contributed by atoms with Gasteiger partial charge in [0.05, 0.1) is 5.56 Å². The van der Waals surface area contributed by atoms with Crippen LogP contribution in [0.3, 0.4) is 0 Å². The second-order valence-electron chi connectivity index (χ2n) is 5.31. The van der Waals surface area contributed by atoms with Gasteiger partial charge < -0.3 is 10.5 Å². The number of barbiturate groups is 1. The lowest BCUT2D eigenvalue weighted by molar-refractivity contribution is -0.140. The predicted molar refractivity (Wildman–Crippen MR) is 91.4 cm³/mol. The van der Waals surface area contributed by atoms with E-state index in [4.69, 9.17) is 0 Å². The fraction of sp³-hybridized carbons (Fsp3) is 0.176. The predicted octanol–water partition coefficient (Wildman–Crippen LogP) is 0.411. The maximum Gasteiger partial charge on any atom is 0.331 e. The molecule has 1 saturated heterocycles. The van der Waals surface area contributed by atoms with Crippen LogP contribution in [0.25, 0.3) is 0 Å². The molecule has 26 heavy (non-hydrogen) atoms. The molecule has 1 aliphatic heterocycles. The quantitative estimate of drug-likeness (QED) is 0.331. The van der Waals surface area contributed by atoms with Crippen LogP contribution >= 0.6 is 0 Å². The molecule has 0 radical (unpaired) electrons. The maximum absolute atomic E-state index is 12.5. The number of hydrogen-bond acceptors (Lipinski definition) is 6. The number of benzene rings is 1. The number of carbonyl (C=O) groups excluding carboxylic acids is 4. The third kappa shape index (κ3) is 3.72. The smallest absolute Gasteiger partial charge is 0.331 e. The Kier molecular flexibility index (Phi) is 5.74. The number of urea groups is 1. The van der Waals surface area contributed by atoms with Gasteiger partial charge in [0.25, 0.3) is 5.91 Å². The van der Waals surface area contributed by atoms with Crippen LogP contribution in [0.15, 0.2) is 48.7 Å². The molecule has 9 heteroatoms. The van der Waals surface area contributed by atoms with E-state index in [1.165, 1.54) is 24.3 Å². The number of imide groups is 2. The van der Waals surface area contributed by atoms with Crippen molar-refractivity contribution in [3.05, 3.63) is 54.3 Å². The van der Waals surface area contributed by atoms with Gasteiger partial charge >= 0.3 is 6.03 Å². The van der Waals surface area contributed by atoms with Gasteiger partial charge in [-0.15, -0.1) is 6.58 Å². The van der Waals surface area contributed by atoms with Crippen LogP contribution in [-0.2, 0) is 9.59 Å². The summed E-state index contributed by atoms with van der Waals surface area (Å²) in [5, 5.41) is 11.8. The molecule has 1 heterocycles. The molecular weight excluding hydrogens is 340 g/mol. The van der Waals surface area contributed by atoms with Crippen molar-refractivity contribution in [3.63, 3.8) is 0 Å². The topological polar surface area (TPSA) is 128 Å². The molecule has 1 aromatic rings. The third-order valence-corrected chi connectivity index (χ3v) is 3.65. The molecule has 0 spiro atoms. The fourth-order valence-electron chi connectivity index (χ4n) is 2.36. The van der Waals surface area contributed by atoms with Crippen LogP contribution in [0, 0.1) is 5.92 Å². The van der Waals surface area contributed by atoms with Crippen molar-refractivity contribution < 1.29 is 24.3 Å². The summed E-state index contributed by atoms with van der Waals surface area (Å²) in [5.74, 6) is -3.76. The Bertz CT molecular complexity index is 802. The van der Waals surface area contributed by atoms with Gasteiger partial charge in [0, 0.05) is 12.2 Å². The molecule has 9 nitrogen and oxygen atoms in total. The average Bonchev–Trinajstić information content (AvgIpc) is 2.61. The maximum atomic E-state index is 12.5. The first-order chi connectivity index (χ1) is 12.4. The van der Waals surface area contributed by atoms with Gasteiger partial charge in [-0.05, 0) is 19.1 Å². The van der Waals surface area contributed by atoms with Gasteiger partial charge in [-0.2, -0.15) is 0 Å². The highest BCUT2D eigenvalue weighted by atomic mass is 16.3. The molecule has 0 bridgehead atoms. The van der Waals surface area contributed by atoms with Gasteiger partial charge in [0.1, 0.15) is 5.75 Å². The Morgan fingerprint density at radius 3 is 2.62 bits per heavy atom. The number of nitrogens with one attached hydrogen (secondary N) is 3. The Hall–Kier alpha value is -3.62. The number of nitrogens with zero attached hydrogens (tertiary/aromatic N) is 1. The minimum absolute atomic E-state index is 0.0123. The number of amides is 5. The number of phenolic OH excluding ortho intramolecular Hbond substituents is 1. The van der Waals surface area contributed by atoms with E-state index in [2.05, 4.69) is 22.7 Å². The molecule has 0 aromatic heterocycles. The normalized spacial score (nSPS) is 17.6. The van der Waals surface area contributed by atoms with E-state index in [-0.39, 0.29) is 23.6 Å². The summed E-state index contributed by atoms with van der Waals surface area (Å²) in [6, 6.07) is 5.06. The number of carbonyl (C=O) groups is 4.